The maximum absolute atomic E-state index is 13.9. The Hall–Kier alpha value is -1.19. The first-order valence-corrected chi connectivity index (χ1v) is 7.67. The van der Waals surface area contributed by atoms with Crippen molar-refractivity contribution in [3.05, 3.63) is 69.9 Å². The monoisotopic (exact) mass is 335 g/mol. The first-order chi connectivity index (χ1) is 9.61. The molecule has 0 fully saturated rings. The maximum atomic E-state index is 13.9. The fraction of sp³-hybridized carbons (Fsp3) is 0.294. The van der Waals surface area contributed by atoms with Gasteiger partial charge in [0.25, 0.3) is 0 Å². The van der Waals surface area contributed by atoms with Gasteiger partial charge in [0.1, 0.15) is 5.82 Å². The number of nitrogens with one attached hydrogen (secondary N) is 1. The smallest absolute Gasteiger partial charge is 0.127 e. The summed E-state index contributed by atoms with van der Waals surface area (Å²) in [4.78, 5) is 0. The Balaban J connectivity index is 2.16. The lowest BCUT2D eigenvalue weighted by Gasteiger charge is -2.23. The van der Waals surface area contributed by atoms with E-state index < -0.39 is 0 Å². The average Bonchev–Trinajstić information content (AvgIpc) is 2.45. The van der Waals surface area contributed by atoms with E-state index in [-0.39, 0.29) is 17.9 Å². The molecule has 0 saturated heterocycles. The molecule has 0 aromatic heterocycles. The molecule has 1 nitrogen and oxygen atoms in total. The molecule has 1 N–H and O–H groups in total. The van der Waals surface area contributed by atoms with Crippen molar-refractivity contribution < 1.29 is 4.39 Å². The molecule has 20 heavy (non-hydrogen) atoms. The van der Waals surface area contributed by atoms with Crippen LogP contribution in [0.2, 0.25) is 0 Å². The Bertz CT molecular complexity index is 570. The fourth-order valence-electron chi connectivity index (χ4n) is 2.36. The topological polar surface area (TPSA) is 12.0 Å². The maximum Gasteiger partial charge on any atom is 0.127 e. The van der Waals surface area contributed by atoms with Crippen molar-refractivity contribution in [3.8, 4) is 0 Å². The molecule has 2 aromatic rings. The summed E-state index contributed by atoms with van der Waals surface area (Å²) in [6, 6.07) is 15.3. The third-order valence-electron chi connectivity index (χ3n) is 3.49. The number of benzene rings is 2. The van der Waals surface area contributed by atoms with Gasteiger partial charge >= 0.3 is 0 Å². The van der Waals surface area contributed by atoms with Crippen LogP contribution in [0, 0.1) is 5.82 Å². The minimum atomic E-state index is -0.145. The fourth-order valence-corrected chi connectivity index (χ4v) is 2.78. The molecule has 0 radical (unpaired) electrons. The van der Waals surface area contributed by atoms with E-state index in [2.05, 4.69) is 47.2 Å². The van der Waals surface area contributed by atoms with E-state index in [1.54, 1.807) is 6.07 Å². The van der Waals surface area contributed by atoms with E-state index >= 15 is 0 Å². The van der Waals surface area contributed by atoms with Crippen LogP contribution in [-0.4, -0.2) is 0 Å². The van der Waals surface area contributed by atoms with Crippen LogP contribution in [0.4, 0.5) is 4.39 Å². The second-order valence-electron chi connectivity index (χ2n) is 4.93. The van der Waals surface area contributed by atoms with Gasteiger partial charge < -0.3 is 5.32 Å². The van der Waals surface area contributed by atoms with Gasteiger partial charge in [0.05, 0.1) is 0 Å². The van der Waals surface area contributed by atoms with Crippen molar-refractivity contribution in [1.82, 2.24) is 5.32 Å². The van der Waals surface area contributed by atoms with Crippen molar-refractivity contribution in [3.63, 3.8) is 0 Å². The van der Waals surface area contributed by atoms with E-state index in [0.29, 0.717) is 0 Å². The van der Waals surface area contributed by atoms with Gasteiger partial charge in [-0.2, -0.15) is 0 Å². The molecule has 0 saturated carbocycles. The van der Waals surface area contributed by atoms with Gasteiger partial charge in [-0.1, -0.05) is 53.2 Å². The molecule has 0 amide bonds. The van der Waals surface area contributed by atoms with Gasteiger partial charge in [0.2, 0.25) is 0 Å². The number of halogens is 2. The highest BCUT2D eigenvalue weighted by Crippen LogP contribution is 2.25. The molecule has 0 heterocycles. The SMILES string of the molecule is CCC(N[C@H](C)c1cccc(Br)c1)c1ccccc1F. The second-order valence-corrected chi connectivity index (χ2v) is 5.84. The van der Waals surface area contributed by atoms with Gasteiger partial charge in [-0.05, 0) is 37.1 Å². The van der Waals surface area contributed by atoms with Crippen molar-refractivity contribution >= 4 is 15.9 Å². The summed E-state index contributed by atoms with van der Waals surface area (Å²) < 4.78 is 15.0. The summed E-state index contributed by atoms with van der Waals surface area (Å²) in [7, 11) is 0. The Kier molecular flexibility index (Phi) is 5.32. The molecule has 0 bridgehead atoms. The molecular weight excluding hydrogens is 317 g/mol. The average molecular weight is 336 g/mol. The number of hydrogen-bond acceptors (Lipinski definition) is 1. The second kappa shape index (κ2) is 7.00. The Morgan fingerprint density at radius 2 is 1.90 bits per heavy atom. The molecule has 2 rings (SSSR count). The van der Waals surface area contributed by atoms with Crippen LogP contribution in [-0.2, 0) is 0 Å². The largest absolute Gasteiger partial charge is 0.303 e. The van der Waals surface area contributed by atoms with Crippen LogP contribution >= 0.6 is 15.9 Å². The number of hydrogen-bond donors (Lipinski definition) is 1. The quantitative estimate of drug-likeness (QED) is 0.772. The van der Waals surface area contributed by atoms with Crippen LogP contribution in [0.3, 0.4) is 0 Å². The van der Waals surface area contributed by atoms with Crippen LogP contribution in [0.15, 0.2) is 53.0 Å². The van der Waals surface area contributed by atoms with Crippen molar-refractivity contribution in [2.24, 2.45) is 0 Å². The highest BCUT2D eigenvalue weighted by molar-refractivity contribution is 9.10. The third kappa shape index (κ3) is 3.68. The minimum Gasteiger partial charge on any atom is -0.303 e. The van der Waals surface area contributed by atoms with Gasteiger partial charge in [-0.25, -0.2) is 4.39 Å². The highest BCUT2D eigenvalue weighted by Gasteiger charge is 2.16. The van der Waals surface area contributed by atoms with E-state index in [1.165, 1.54) is 11.6 Å². The molecule has 2 atom stereocenters. The van der Waals surface area contributed by atoms with Gasteiger partial charge in [-0.3, -0.25) is 0 Å². The molecule has 0 aliphatic rings. The van der Waals surface area contributed by atoms with Crippen molar-refractivity contribution in [2.75, 3.05) is 0 Å². The summed E-state index contributed by atoms with van der Waals surface area (Å²) in [5.74, 6) is -0.145. The Labute approximate surface area is 128 Å². The normalized spacial score (nSPS) is 14.0. The predicted molar refractivity (Wildman–Crippen MR) is 85.1 cm³/mol. The van der Waals surface area contributed by atoms with E-state index in [1.807, 2.05) is 24.3 Å². The molecular formula is C17H19BrFN. The van der Waals surface area contributed by atoms with Crippen LogP contribution in [0.5, 0.6) is 0 Å². The third-order valence-corrected chi connectivity index (χ3v) is 3.98. The summed E-state index contributed by atoms with van der Waals surface area (Å²) >= 11 is 3.48. The molecule has 0 aliphatic carbocycles. The van der Waals surface area contributed by atoms with E-state index in [4.69, 9.17) is 0 Å². The molecule has 1 unspecified atom stereocenters. The molecule has 106 valence electrons. The van der Waals surface area contributed by atoms with Gasteiger partial charge in [0.15, 0.2) is 0 Å². The van der Waals surface area contributed by atoms with Crippen LogP contribution in [0.1, 0.15) is 43.5 Å². The summed E-state index contributed by atoms with van der Waals surface area (Å²) in [6.07, 6.45) is 0.847. The Morgan fingerprint density at radius 1 is 1.15 bits per heavy atom. The molecule has 2 aromatic carbocycles. The van der Waals surface area contributed by atoms with E-state index in [9.17, 15) is 4.39 Å². The lowest BCUT2D eigenvalue weighted by molar-refractivity contribution is 0.439. The van der Waals surface area contributed by atoms with Crippen molar-refractivity contribution in [2.45, 2.75) is 32.4 Å². The van der Waals surface area contributed by atoms with Gasteiger partial charge in [-0.15, -0.1) is 0 Å². The summed E-state index contributed by atoms with van der Waals surface area (Å²) in [6.45, 7) is 4.17. The zero-order chi connectivity index (χ0) is 14.5. The lowest BCUT2D eigenvalue weighted by atomic mass is 10.0. The minimum absolute atomic E-state index is 0.0187. The first kappa shape index (κ1) is 15.2. The Morgan fingerprint density at radius 3 is 2.55 bits per heavy atom. The lowest BCUT2D eigenvalue weighted by Crippen LogP contribution is -2.25. The zero-order valence-corrected chi connectivity index (χ0v) is 13.3. The molecule has 0 spiro atoms. The van der Waals surface area contributed by atoms with Crippen LogP contribution < -0.4 is 5.32 Å². The van der Waals surface area contributed by atoms with Crippen molar-refractivity contribution in [1.29, 1.82) is 0 Å². The van der Waals surface area contributed by atoms with Crippen LogP contribution in [0.25, 0.3) is 0 Å². The standard InChI is InChI=1S/C17H19BrFN/c1-3-17(15-9-4-5-10-16(15)19)20-12(2)13-7-6-8-14(18)11-13/h4-12,17,20H,3H2,1-2H3/t12-,17?/m1/s1. The predicted octanol–water partition coefficient (Wildman–Crippen LogP) is 5.39. The molecule has 3 heteroatoms. The van der Waals surface area contributed by atoms with E-state index in [0.717, 1.165) is 16.5 Å². The summed E-state index contributed by atoms with van der Waals surface area (Å²) in [5.41, 5.74) is 1.92. The number of rotatable bonds is 5. The highest BCUT2D eigenvalue weighted by atomic mass is 79.9. The summed E-state index contributed by atoms with van der Waals surface area (Å²) in [5, 5.41) is 3.51. The molecule has 0 aliphatic heterocycles. The van der Waals surface area contributed by atoms with Gasteiger partial charge in [0, 0.05) is 22.1 Å². The zero-order valence-electron chi connectivity index (χ0n) is 11.7. The first-order valence-electron chi connectivity index (χ1n) is 6.87.